The first-order valence-electron chi connectivity index (χ1n) is 4.73. The first-order valence-corrected chi connectivity index (χ1v) is 4.73. The molecule has 0 fully saturated rings. The molecule has 0 aliphatic carbocycles. The van der Waals surface area contributed by atoms with Gasteiger partial charge in [-0.25, -0.2) is 0 Å². The molecule has 0 saturated heterocycles. The van der Waals surface area contributed by atoms with E-state index in [9.17, 15) is 0 Å². The second-order valence-electron chi connectivity index (χ2n) is 3.00. The van der Waals surface area contributed by atoms with Gasteiger partial charge in [0.25, 0.3) is 0 Å². The number of benzene rings is 1. The monoisotopic (exact) mass is 215 g/mol. The van der Waals surface area contributed by atoms with Crippen LogP contribution in [0.5, 0.6) is 11.5 Å². The molecule has 2 rings (SSSR count). The topological polar surface area (TPSA) is 53.4 Å². The first-order chi connectivity index (χ1) is 7.72. The summed E-state index contributed by atoms with van der Waals surface area (Å²) in [6, 6.07) is 9.67. The summed E-state index contributed by atoms with van der Waals surface area (Å²) >= 11 is 0. The second-order valence-corrected chi connectivity index (χ2v) is 3.00. The molecule has 0 aliphatic rings. The molecule has 2 N–H and O–H groups in total. The fourth-order valence-electron chi connectivity index (χ4n) is 0.993. The molecule has 0 spiro atoms. The minimum atomic E-state index is 0.0880. The molecule has 2 aromatic rings. The molecule has 0 radical (unpaired) electrons. The molecular weight excluding hydrogens is 202 g/mol. The second kappa shape index (κ2) is 6.24. The molecule has 1 aromatic carbocycles. The summed E-state index contributed by atoms with van der Waals surface area (Å²) in [7, 11) is 0. The predicted molar refractivity (Wildman–Crippen MR) is 64.1 cm³/mol. The van der Waals surface area contributed by atoms with Gasteiger partial charge in [-0.1, -0.05) is 18.7 Å². The van der Waals surface area contributed by atoms with Crippen LogP contribution in [0.25, 0.3) is 6.08 Å². The van der Waals surface area contributed by atoms with Gasteiger partial charge < -0.3 is 10.2 Å². The Hall–Kier alpha value is -2.29. The van der Waals surface area contributed by atoms with Crippen molar-refractivity contribution in [3.05, 3.63) is 60.9 Å². The number of hydrogen-bond acceptors (Lipinski definition) is 3. The Bertz CT molecular complexity index is 423. The Morgan fingerprint density at radius 3 is 1.88 bits per heavy atom. The third kappa shape index (κ3) is 4.28. The van der Waals surface area contributed by atoms with Gasteiger partial charge in [0, 0.05) is 18.5 Å². The smallest absolute Gasteiger partial charge is 0.119 e. The highest BCUT2D eigenvalue weighted by Crippen LogP contribution is 2.14. The van der Waals surface area contributed by atoms with Crippen LogP contribution in [0.4, 0.5) is 0 Å². The standard InChI is InChI=1S/C7H7N.C6H6O2/c1-2-7-3-5-8-6-4-7;7-5-2-1-3-6(8)4-5/h2-6H,1H2;1-4,7-8H. The van der Waals surface area contributed by atoms with E-state index in [1.54, 1.807) is 24.5 Å². The van der Waals surface area contributed by atoms with E-state index < -0.39 is 0 Å². The third-order valence-corrected chi connectivity index (χ3v) is 1.77. The van der Waals surface area contributed by atoms with Crippen molar-refractivity contribution >= 4 is 6.08 Å². The van der Waals surface area contributed by atoms with Crippen molar-refractivity contribution in [1.82, 2.24) is 4.98 Å². The normalized spacial score (nSPS) is 8.75. The number of hydrogen-bond donors (Lipinski definition) is 2. The Kier molecular flexibility index (Phi) is 4.60. The SMILES string of the molecule is C=Cc1ccncc1.Oc1cccc(O)c1. The average molecular weight is 215 g/mol. The summed E-state index contributed by atoms with van der Waals surface area (Å²) in [5, 5.41) is 17.3. The zero-order chi connectivity index (χ0) is 11.8. The molecular formula is C13H13NO2. The molecule has 1 heterocycles. The lowest BCUT2D eigenvalue weighted by atomic mass is 10.3. The van der Waals surface area contributed by atoms with Crippen molar-refractivity contribution in [3.8, 4) is 11.5 Å². The van der Waals surface area contributed by atoms with E-state index in [1.165, 1.54) is 18.2 Å². The van der Waals surface area contributed by atoms with Crippen LogP contribution >= 0.6 is 0 Å². The van der Waals surface area contributed by atoms with Crippen molar-refractivity contribution in [2.75, 3.05) is 0 Å². The van der Waals surface area contributed by atoms with Crippen molar-refractivity contribution in [2.45, 2.75) is 0 Å². The Morgan fingerprint density at radius 2 is 1.56 bits per heavy atom. The third-order valence-electron chi connectivity index (χ3n) is 1.77. The van der Waals surface area contributed by atoms with Crippen molar-refractivity contribution < 1.29 is 10.2 Å². The zero-order valence-electron chi connectivity index (χ0n) is 8.74. The number of phenolic OH excluding ortho intramolecular Hbond substituents is 2. The van der Waals surface area contributed by atoms with Crippen LogP contribution in [0.15, 0.2) is 55.4 Å². The van der Waals surface area contributed by atoms with Gasteiger partial charge >= 0.3 is 0 Å². The first kappa shape index (κ1) is 11.8. The van der Waals surface area contributed by atoms with Crippen molar-refractivity contribution in [2.24, 2.45) is 0 Å². The lowest BCUT2D eigenvalue weighted by Gasteiger charge is -1.89. The highest BCUT2D eigenvalue weighted by molar-refractivity contribution is 5.44. The van der Waals surface area contributed by atoms with E-state index in [-0.39, 0.29) is 11.5 Å². The van der Waals surface area contributed by atoms with Gasteiger partial charge in [0.1, 0.15) is 11.5 Å². The van der Waals surface area contributed by atoms with Crippen LogP contribution in [0.2, 0.25) is 0 Å². The van der Waals surface area contributed by atoms with E-state index in [2.05, 4.69) is 11.6 Å². The number of rotatable bonds is 1. The molecule has 0 aliphatic heterocycles. The van der Waals surface area contributed by atoms with Crippen LogP contribution in [-0.2, 0) is 0 Å². The number of aromatic nitrogens is 1. The number of nitrogens with zero attached hydrogens (tertiary/aromatic N) is 1. The van der Waals surface area contributed by atoms with E-state index >= 15 is 0 Å². The lowest BCUT2D eigenvalue weighted by molar-refractivity contribution is 0.450. The summed E-state index contributed by atoms with van der Waals surface area (Å²) in [5.74, 6) is 0.176. The molecule has 0 atom stereocenters. The summed E-state index contributed by atoms with van der Waals surface area (Å²) in [4.78, 5) is 3.85. The van der Waals surface area contributed by atoms with Gasteiger partial charge in [0.05, 0.1) is 0 Å². The van der Waals surface area contributed by atoms with Gasteiger partial charge in [-0.2, -0.15) is 0 Å². The molecule has 3 heteroatoms. The Balaban J connectivity index is 0.000000160. The van der Waals surface area contributed by atoms with E-state index in [4.69, 9.17) is 10.2 Å². The molecule has 0 saturated carbocycles. The van der Waals surface area contributed by atoms with Gasteiger partial charge in [0.15, 0.2) is 0 Å². The molecule has 82 valence electrons. The zero-order valence-corrected chi connectivity index (χ0v) is 8.74. The predicted octanol–water partition coefficient (Wildman–Crippen LogP) is 2.82. The van der Waals surface area contributed by atoms with Crippen LogP contribution in [0.1, 0.15) is 5.56 Å². The van der Waals surface area contributed by atoms with Crippen LogP contribution in [0, 0.1) is 0 Å². The summed E-state index contributed by atoms with van der Waals surface area (Å²) in [6.07, 6.45) is 5.29. The molecule has 3 nitrogen and oxygen atoms in total. The lowest BCUT2D eigenvalue weighted by Crippen LogP contribution is -1.69. The Morgan fingerprint density at radius 1 is 1.00 bits per heavy atom. The number of phenols is 2. The molecule has 0 amide bonds. The van der Waals surface area contributed by atoms with Gasteiger partial charge in [0.2, 0.25) is 0 Å². The quantitative estimate of drug-likeness (QED) is 0.769. The van der Waals surface area contributed by atoms with Gasteiger partial charge in [-0.15, -0.1) is 0 Å². The van der Waals surface area contributed by atoms with Crippen LogP contribution in [-0.4, -0.2) is 15.2 Å². The van der Waals surface area contributed by atoms with Crippen molar-refractivity contribution in [1.29, 1.82) is 0 Å². The number of aromatic hydroxyl groups is 2. The van der Waals surface area contributed by atoms with Crippen LogP contribution in [0.3, 0.4) is 0 Å². The van der Waals surface area contributed by atoms with E-state index in [1.807, 2.05) is 12.1 Å². The fraction of sp³-hybridized carbons (Fsp3) is 0. The maximum atomic E-state index is 8.65. The largest absolute Gasteiger partial charge is 0.508 e. The minimum absolute atomic E-state index is 0.0880. The minimum Gasteiger partial charge on any atom is -0.508 e. The van der Waals surface area contributed by atoms with E-state index in [0.717, 1.165) is 5.56 Å². The highest BCUT2D eigenvalue weighted by Gasteiger charge is 1.85. The summed E-state index contributed by atoms with van der Waals surface area (Å²) in [5.41, 5.74) is 1.11. The summed E-state index contributed by atoms with van der Waals surface area (Å²) in [6.45, 7) is 3.60. The maximum Gasteiger partial charge on any atom is 0.119 e. The van der Waals surface area contributed by atoms with E-state index in [0.29, 0.717) is 0 Å². The fourth-order valence-corrected chi connectivity index (χ4v) is 0.993. The molecule has 0 bridgehead atoms. The average Bonchev–Trinajstić information content (AvgIpc) is 2.31. The summed E-state index contributed by atoms with van der Waals surface area (Å²) < 4.78 is 0. The number of pyridine rings is 1. The Labute approximate surface area is 94.3 Å². The highest BCUT2D eigenvalue weighted by atomic mass is 16.3. The molecule has 16 heavy (non-hydrogen) atoms. The maximum absolute atomic E-state index is 8.65. The molecule has 0 unspecified atom stereocenters. The van der Waals surface area contributed by atoms with Crippen LogP contribution < -0.4 is 0 Å². The molecule has 1 aromatic heterocycles. The van der Waals surface area contributed by atoms with Crippen molar-refractivity contribution in [3.63, 3.8) is 0 Å². The van der Waals surface area contributed by atoms with Gasteiger partial charge in [-0.3, -0.25) is 4.98 Å². The van der Waals surface area contributed by atoms with Gasteiger partial charge in [-0.05, 0) is 29.8 Å².